The number of alkyl carbamates (subject to hydrolysis) is 1. The predicted octanol–water partition coefficient (Wildman–Crippen LogP) is -3.33. The van der Waals surface area contributed by atoms with Crippen LogP contribution in [0.15, 0.2) is 30.3 Å². The Morgan fingerprint density at radius 2 is 1.50 bits per heavy atom. The predicted molar refractivity (Wildman–Crippen MR) is 136 cm³/mol. The molecule has 0 bridgehead atoms. The lowest BCUT2D eigenvalue weighted by Gasteiger charge is -2.46. The van der Waals surface area contributed by atoms with Gasteiger partial charge in [0.1, 0.15) is 49.3 Å². The van der Waals surface area contributed by atoms with E-state index in [4.69, 9.17) is 38.9 Å². The van der Waals surface area contributed by atoms with Crippen molar-refractivity contribution in [3.63, 3.8) is 0 Å². The summed E-state index contributed by atoms with van der Waals surface area (Å²) in [5.74, 6) is 0. The summed E-state index contributed by atoms with van der Waals surface area (Å²) in [6.45, 7) is -1.23. The molecule has 1 aromatic carbocycles. The average molecular weight is 607 g/mol. The highest BCUT2D eigenvalue weighted by atomic mass is 16.8. The highest BCUT2D eigenvalue weighted by molar-refractivity contribution is 5.67. The van der Waals surface area contributed by atoms with Crippen LogP contribution in [0.25, 0.3) is 0 Å². The zero-order chi connectivity index (χ0) is 30.6. The number of amides is 2. The zero-order valence-corrected chi connectivity index (χ0v) is 22.5. The zero-order valence-electron chi connectivity index (χ0n) is 22.5. The van der Waals surface area contributed by atoms with Gasteiger partial charge in [0.15, 0.2) is 18.7 Å². The summed E-state index contributed by atoms with van der Waals surface area (Å²) < 4.78 is 37.3. The molecule has 42 heavy (non-hydrogen) atoms. The Morgan fingerprint density at radius 1 is 0.833 bits per heavy atom. The van der Waals surface area contributed by atoms with Crippen molar-refractivity contribution >= 4 is 12.2 Å². The van der Waals surface area contributed by atoms with E-state index in [2.05, 4.69) is 5.32 Å². The van der Waals surface area contributed by atoms with Gasteiger partial charge < -0.3 is 74.8 Å². The summed E-state index contributed by atoms with van der Waals surface area (Å²) in [7, 11) is 0. The molecule has 2 fully saturated rings. The first kappa shape index (κ1) is 33.8. The fourth-order valence-corrected chi connectivity index (χ4v) is 4.25. The van der Waals surface area contributed by atoms with Crippen molar-refractivity contribution < 1.29 is 73.4 Å². The van der Waals surface area contributed by atoms with Gasteiger partial charge >= 0.3 is 12.2 Å². The Labute approximate surface area is 240 Å². The molecule has 2 aliphatic rings. The lowest BCUT2D eigenvalue weighted by Crippen LogP contribution is -2.65. The number of nitrogens with one attached hydrogen (secondary N) is 1. The number of aliphatic hydroxyl groups excluding tert-OH is 6. The summed E-state index contributed by atoms with van der Waals surface area (Å²) in [6.07, 6.45) is -17.8. The molecule has 2 aliphatic heterocycles. The first-order valence-corrected chi connectivity index (χ1v) is 13.2. The molecule has 0 spiro atoms. The van der Waals surface area contributed by atoms with E-state index in [1.165, 1.54) is 0 Å². The summed E-state index contributed by atoms with van der Waals surface area (Å²) >= 11 is 0. The minimum atomic E-state index is -1.84. The molecule has 3 rings (SSSR count). The van der Waals surface area contributed by atoms with E-state index in [1.54, 1.807) is 0 Å². The minimum absolute atomic E-state index is 0.00831. The fraction of sp³-hybridized carbons (Fsp3) is 0.680. The molecule has 2 amide bonds. The van der Waals surface area contributed by atoms with Gasteiger partial charge in [-0.3, -0.25) is 0 Å². The van der Waals surface area contributed by atoms with Crippen molar-refractivity contribution in [2.24, 2.45) is 5.73 Å². The number of benzene rings is 1. The van der Waals surface area contributed by atoms with Crippen molar-refractivity contribution in [3.8, 4) is 0 Å². The Kier molecular flexibility index (Phi) is 13.5. The Morgan fingerprint density at radius 3 is 2.17 bits per heavy atom. The number of hydrogen-bond acceptors (Lipinski definition) is 15. The molecule has 0 saturated carbocycles. The fourth-order valence-electron chi connectivity index (χ4n) is 4.25. The lowest BCUT2D eigenvalue weighted by atomic mass is 9.97. The molecule has 17 nitrogen and oxygen atoms in total. The Balaban J connectivity index is 1.49. The Hall–Kier alpha value is -2.68. The molecule has 2 heterocycles. The van der Waals surface area contributed by atoms with Crippen molar-refractivity contribution in [2.45, 2.75) is 68.0 Å². The maximum absolute atomic E-state index is 11.8. The molecule has 0 aromatic heterocycles. The van der Waals surface area contributed by atoms with E-state index in [9.17, 15) is 40.2 Å². The van der Waals surface area contributed by atoms with Gasteiger partial charge in [-0.25, -0.2) is 9.59 Å². The normalized spacial score (nSPS) is 33.1. The van der Waals surface area contributed by atoms with Crippen molar-refractivity contribution in [1.82, 2.24) is 5.32 Å². The molecule has 1 aromatic rings. The third-order valence-electron chi connectivity index (χ3n) is 6.43. The van der Waals surface area contributed by atoms with Crippen LogP contribution in [0.1, 0.15) is 5.56 Å². The van der Waals surface area contributed by atoms with Gasteiger partial charge in [0, 0.05) is 6.54 Å². The number of primary amides is 1. The van der Waals surface area contributed by atoms with Crippen LogP contribution in [-0.4, -0.2) is 144 Å². The second kappa shape index (κ2) is 16.8. The van der Waals surface area contributed by atoms with E-state index in [0.717, 1.165) is 5.56 Å². The largest absolute Gasteiger partial charge is 0.445 e. The molecule has 9 N–H and O–H groups in total. The first-order valence-electron chi connectivity index (χ1n) is 13.2. The highest BCUT2D eigenvalue weighted by Crippen LogP contribution is 2.30. The monoisotopic (exact) mass is 606 g/mol. The van der Waals surface area contributed by atoms with E-state index in [1.807, 2.05) is 30.3 Å². The number of hydrogen-bond donors (Lipinski definition) is 8. The number of ether oxygens (including phenoxy) is 7. The Bertz CT molecular complexity index is 959. The van der Waals surface area contributed by atoms with Gasteiger partial charge in [-0.1, -0.05) is 30.3 Å². The quantitative estimate of drug-likeness (QED) is 0.0964. The summed E-state index contributed by atoms with van der Waals surface area (Å²) in [6, 6.07) is 9.14. The molecule has 10 atom stereocenters. The number of rotatable bonds is 14. The van der Waals surface area contributed by atoms with Crippen LogP contribution in [0.5, 0.6) is 0 Å². The van der Waals surface area contributed by atoms with Crippen molar-refractivity contribution in [1.29, 1.82) is 0 Å². The first-order chi connectivity index (χ1) is 20.2. The lowest BCUT2D eigenvalue weighted by molar-refractivity contribution is -0.367. The molecule has 0 unspecified atom stereocenters. The second-order valence-corrected chi connectivity index (χ2v) is 9.39. The van der Waals surface area contributed by atoms with Gasteiger partial charge in [0.2, 0.25) is 0 Å². The van der Waals surface area contributed by atoms with Crippen molar-refractivity contribution in [3.05, 3.63) is 35.9 Å². The molecular weight excluding hydrogens is 568 g/mol. The summed E-state index contributed by atoms with van der Waals surface area (Å²) in [5, 5.41) is 63.5. The van der Waals surface area contributed by atoms with Gasteiger partial charge in [-0.15, -0.1) is 0 Å². The van der Waals surface area contributed by atoms with Crippen LogP contribution in [0.2, 0.25) is 0 Å². The van der Waals surface area contributed by atoms with Crippen LogP contribution in [0.4, 0.5) is 9.59 Å². The van der Waals surface area contributed by atoms with Crippen LogP contribution >= 0.6 is 0 Å². The van der Waals surface area contributed by atoms with Gasteiger partial charge in [0.05, 0.1) is 33.0 Å². The third-order valence-corrected chi connectivity index (χ3v) is 6.43. The van der Waals surface area contributed by atoms with Gasteiger partial charge in [-0.2, -0.15) is 0 Å². The van der Waals surface area contributed by atoms with Crippen molar-refractivity contribution in [2.75, 3.05) is 39.6 Å². The SMILES string of the molecule is NC(=O)O[C@@H]1[C@H](O)[C@@H](O[C@@H]2[C@H](OCCOCCNC(=O)OCc3ccccc3)O[C@@H](CO)[C@@H](O)[C@@H]2O)O[C@H](CO)[C@@H]1O. The smallest absolute Gasteiger partial charge is 0.407 e. The minimum Gasteiger partial charge on any atom is -0.445 e. The number of carbonyl (C=O) groups is 2. The topological polar surface area (TPSA) is 258 Å². The van der Waals surface area contributed by atoms with E-state index < -0.39 is 86.8 Å². The molecule has 2 saturated heterocycles. The van der Waals surface area contributed by atoms with Crippen LogP contribution < -0.4 is 11.1 Å². The average Bonchev–Trinajstić information content (AvgIpc) is 2.98. The van der Waals surface area contributed by atoms with E-state index in [-0.39, 0.29) is 33.0 Å². The standard InChI is InChI=1S/C25H38N2O15/c26-24(34)42-20-17(31)15(11-29)39-22(19(20)33)41-21-18(32)16(30)14(10-28)40-23(21)37-9-8-36-7-6-27-25(35)38-12-13-4-2-1-3-5-13/h1-5,14-23,28-33H,6-12H2,(H2,26,34)(H,27,35)/t14-,15+,16+,17-,18-,19-,20-,21-,22+,23+/m0/s1. The number of aliphatic hydroxyl groups is 6. The van der Waals surface area contributed by atoms with Crippen LogP contribution in [0.3, 0.4) is 0 Å². The number of carbonyl (C=O) groups excluding carboxylic acids is 2. The number of nitrogens with two attached hydrogens (primary N) is 1. The third kappa shape index (κ3) is 9.41. The van der Waals surface area contributed by atoms with E-state index in [0.29, 0.717) is 0 Å². The maximum Gasteiger partial charge on any atom is 0.407 e. The molecule has 0 aliphatic carbocycles. The van der Waals surface area contributed by atoms with Gasteiger partial charge in [-0.05, 0) is 5.56 Å². The molecule has 0 radical (unpaired) electrons. The molecule has 17 heteroatoms. The second-order valence-electron chi connectivity index (χ2n) is 9.39. The maximum atomic E-state index is 11.8. The van der Waals surface area contributed by atoms with Gasteiger partial charge in [0.25, 0.3) is 0 Å². The van der Waals surface area contributed by atoms with E-state index >= 15 is 0 Å². The van der Waals surface area contributed by atoms with Crippen LogP contribution in [-0.2, 0) is 39.8 Å². The summed E-state index contributed by atoms with van der Waals surface area (Å²) in [5.41, 5.74) is 5.84. The molecule has 238 valence electrons. The molecular formula is C25H38N2O15. The summed E-state index contributed by atoms with van der Waals surface area (Å²) in [4.78, 5) is 23.0. The highest BCUT2D eigenvalue weighted by Gasteiger charge is 2.52. The van der Waals surface area contributed by atoms with Crippen LogP contribution in [0, 0.1) is 0 Å².